The van der Waals surface area contributed by atoms with Crippen molar-refractivity contribution in [2.75, 3.05) is 5.32 Å². The average molecular weight is 285 g/mol. The molecule has 2 aromatic carbocycles. The summed E-state index contributed by atoms with van der Waals surface area (Å²) in [5, 5.41) is 13.1. The maximum Gasteiger partial charge on any atom is 0.0992 e. The van der Waals surface area contributed by atoms with E-state index in [1.807, 2.05) is 36.4 Å². The largest absolute Gasteiger partial charge is 0.383 e. The minimum Gasteiger partial charge on any atom is -0.383 e. The summed E-state index contributed by atoms with van der Waals surface area (Å²) in [6, 6.07) is 18.0. The number of benzene rings is 2. The molecule has 20 heavy (non-hydrogen) atoms. The van der Waals surface area contributed by atoms with Gasteiger partial charge in [-0.2, -0.15) is 5.26 Å². The van der Waals surface area contributed by atoms with Crippen LogP contribution >= 0.6 is 11.6 Å². The first-order valence-electron chi connectivity index (χ1n) is 6.68. The highest BCUT2D eigenvalue weighted by Crippen LogP contribution is 2.15. The summed E-state index contributed by atoms with van der Waals surface area (Å²) in [6.45, 7) is 2.15. The van der Waals surface area contributed by atoms with Crippen molar-refractivity contribution in [2.24, 2.45) is 0 Å². The molecule has 2 nitrogen and oxygen atoms in total. The molecule has 0 fully saturated rings. The Morgan fingerprint density at radius 1 is 1.20 bits per heavy atom. The highest BCUT2D eigenvalue weighted by Gasteiger charge is 2.03. The highest BCUT2D eigenvalue weighted by atomic mass is 35.5. The predicted octanol–water partition coefficient (Wildman–Crippen LogP) is 4.64. The normalized spacial score (nSPS) is 11.7. The molecule has 3 heteroatoms. The number of nitriles is 1. The van der Waals surface area contributed by atoms with Gasteiger partial charge in [0, 0.05) is 16.8 Å². The van der Waals surface area contributed by atoms with Gasteiger partial charge in [0.05, 0.1) is 11.6 Å². The zero-order valence-electron chi connectivity index (χ0n) is 11.4. The summed E-state index contributed by atoms with van der Waals surface area (Å²) in [4.78, 5) is 0. The number of aryl methyl sites for hydroxylation is 1. The quantitative estimate of drug-likeness (QED) is 0.868. The van der Waals surface area contributed by atoms with Gasteiger partial charge in [-0.15, -0.1) is 0 Å². The van der Waals surface area contributed by atoms with Crippen LogP contribution in [0.4, 0.5) is 5.69 Å². The molecule has 1 atom stereocenters. The fourth-order valence-electron chi connectivity index (χ4n) is 2.07. The first-order valence-corrected chi connectivity index (χ1v) is 7.06. The van der Waals surface area contributed by atoms with E-state index in [4.69, 9.17) is 16.9 Å². The molecule has 0 saturated heterocycles. The van der Waals surface area contributed by atoms with E-state index in [2.05, 4.69) is 30.4 Å². The highest BCUT2D eigenvalue weighted by molar-refractivity contribution is 6.30. The number of rotatable bonds is 5. The number of nitrogens with zero attached hydrogens (tertiary/aromatic N) is 1. The fourth-order valence-corrected chi connectivity index (χ4v) is 2.20. The number of halogens is 1. The Labute approximate surface area is 125 Å². The van der Waals surface area contributed by atoms with Crippen molar-refractivity contribution < 1.29 is 0 Å². The lowest BCUT2D eigenvalue weighted by molar-refractivity contribution is 0.706. The van der Waals surface area contributed by atoms with Crippen LogP contribution in [0.5, 0.6) is 0 Å². The Morgan fingerprint density at radius 2 is 1.95 bits per heavy atom. The van der Waals surface area contributed by atoms with Crippen molar-refractivity contribution in [3.05, 3.63) is 64.7 Å². The molecule has 0 aliphatic carbocycles. The second-order valence-corrected chi connectivity index (χ2v) is 5.34. The van der Waals surface area contributed by atoms with Crippen LogP contribution in [0, 0.1) is 11.3 Å². The molecule has 0 saturated carbocycles. The van der Waals surface area contributed by atoms with Crippen LogP contribution in [0.3, 0.4) is 0 Å². The molecule has 0 unspecified atom stereocenters. The number of hydrogen-bond acceptors (Lipinski definition) is 2. The summed E-state index contributed by atoms with van der Waals surface area (Å²) in [7, 11) is 0. The second kappa shape index (κ2) is 6.98. The van der Waals surface area contributed by atoms with E-state index in [1.54, 1.807) is 0 Å². The van der Waals surface area contributed by atoms with Crippen LogP contribution in [0.25, 0.3) is 0 Å². The van der Waals surface area contributed by atoms with Gasteiger partial charge in [0.15, 0.2) is 0 Å². The van der Waals surface area contributed by atoms with Crippen molar-refractivity contribution >= 4 is 17.3 Å². The maximum absolute atomic E-state index is 8.88. The molecule has 0 aliphatic rings. The molecule has 0 heterocycles. The third-order valence-electron chi connectivity index (χ3n) is 3.18. The topological polar surface area (TPSA) is 35.8 Å². The summed E-state index contributed by atoms with van der Waals surface area (Å²) in [5.41, 5.74) is 2.96. The second-order valence-electron chi connectivity index (χ2n) is 4.90. The molecule has 102 valence electrons. The summed E-state index contributed by atoms with van der Waals surface area (Å²) >= 11 is 5.87. The monoisotopic (exact) mass is 284 g/mol. The minimum atomic E-state index is 0.347. The molecular formula is C17H17ClN2. The van der Waals surface area contributed by atoms with Crippen LogP contribution in [0.2, 0.25) is 5.02 Å². The molecule has 0 radical (unpaired) electrons. The van der Waals surface area contributed by atoms with E-state index in [0.717, 1.165) is 23.6 Å². The van der Waals surface area contributed by atoms with Gasteiger partial charge < -0.3 is 5.32 Å². The van der Waals surface area contributed by atoms with Crippen LogP contribution < -0.4 is 5.32 Å². The van der Waals surface area contributed by atoms with E-state index in [0.29, 0.717) is 11.6 Å². The molecule has 2 rings (SSSR count). The van der Waals surface area contributed by atoms with Gasteiger partial charge >= 0.3 is 0 Å². The van der Waals surface area contributed by atoms with Gasteiger partial charge in [0.1, 0.15) is 0 Å². The van der Waals surface area contributed by atoms with Crippen LogP contribution in [0.1, 0.15) is 24.5 Å². The van der Waals surface area contributed by atoms with Gasteiger partial charge in [-0.25, -0.2) is 0 Å². The number of hydrogen-bond donors (Lipinski definition) is 1. The van der Waals surface area contributed by atoms with Gasteiger partial charge in [-0.1, -0.05) is 29.8 Å². The van der Waals surface area contributed by atoms with Crippen molar-refractivity contribution in [1.29, 1.82) is 5.26 Å². The minimum absolute atomic E-state index is 0.347. The Kier molecular flexibility index (Phi) is 5.03. The molecule has 0 amide bonds. The van der Waals surface area contributed by atoms with Gasteiger partial charge in [0.2, 0.25) is 0 Å². The molecular weight excluding hydrogens is 268 g/mol. The van der Waals surface area contributed by atoms with Crippen LogP contribution in [-0.4, -0.2) is 6.04 Å². The van der Waals surface area contributed by atoms with Crippen LogP contribution in [-0.2, 0) is 6.42 Å². The van der Waals surface area contributed by atoms with Crippen molar-refractivity contribution in [1.82, 2.24) is 0 Å². The Morgan fingerprint density at radius 3 is 2.65 bits per heavy atom. The summed E-state index contributed by atoms with van der Waals surface area (Å²) in [6.07, 6.45) is 2.03. The fraction of sp³-hybridized carbons (Fsp3) is 0.235. The van der Waals surface area contributed by atoms with E-state index in [1.165, 1.54) is 5.56 Å². The summed E-state index contributed by atoms with van der Waals surface area (Å²) < 4.78 is 0. The lowest BCUT2D eigenvalue weighted by Gasteiger charge is -2.15. The lowest BCUT2D eigenvalue weighted by atomic mass is 10.1. The molecule has 0 spiro atoms. The van der Waals surface area contributed by atoms with E-state index >= 15 is 0 Å². The SMILES string of the molecule is C[C@@H](CCc1ccc(Cl)cc1)Nc1cccc(C#N)c1. The van der Waals surface area contributed by atoms with Crippen molar-refractivity contribution in [3.8, 4) is 6.07 Å². The zero-order valence-corrected chi connectivity index (χ0v) is 12.2. The third kappa shape index (κ3) is 4.29. The number of nitrogens with one attached hydrogen (secondary N) is 1. The first kappa shape index (κ1) is 14.4. The predicted molar refractivity (Wildman–Crippen MR) is 84.0 cm³/mol. The van der Waals surface area contributed by atoms with E-state index < -0.39 is 0 Å². The molecule has 2 aromatic rings. The standard InChI is InChI=1S/C17H17ClN2/c1-13(5-6-14-7-9-16(18)10-8-14)20-17-4-2-3-15(11-17)12-19/h2-4,7-11,13,20H,5-6H2,1H3/t13-/m0/s1. The molecule has 0 bridgehead atoms. The lowest BCUT2D eigenvalue weighted by Crippen LogP contribution is -2.16. The first-order chi connectivity index (χ1) is 9.67. The van der Waals surface area contributed by atoms with Gasteiger partial charge in [-0.3, -0.25) is 0 Å². The molecule has 0 aliphatic heterocycles. The van der Waals surface area contributed by atoms with Gasteiger partial charge in [0.25, 0.3) is 0 Å². The van der Waals surface area contributed by atoms with Crippen molar-refractivity contribution in [3.63, 3.8) is 0 Å². The van der Waals surface area contributed by atoms with Crippen molar-refractivity contribution in [2.45, 2.75) is 25.8 Å². The Balaban J connectivity index is 1.87. The average Bonchev–Trinajstić information content (AvgIpc) is 2.47. The smallest absolute Gasteiger partial charge is 0.0992 e. The Bertz CT molecular complexity index is 599. The van der Waals surface area contributed by atoms with E-state index in [9.17, 15) is 0 Å². The van der Waals surface area contributed by atoms with Crippen LogP contribution in [0.15, 0.2) is 48.5 Å². The maximum atomic E-state index is 8.88. The molecule has 1 N–H and O–H groups in total. The van der Waals surface area contributed by atoms with Gasteiger partial charge in [-0.05, 0) is 55.7 Å². The Hall–Kier alpha value is -1.98. The summed E-state index contributed by atoms with van der Waals surface area (Å²) in [5.74, 6) is 0. The third-order valence-corrected chi connectivity index (χ3v) is 3.44. The zero-order chi connectivity index (χ0) is 14.4. The van der Waals surface area contributed by atoms with E-state index in [-0.39, 0.29) is 0 Å². The molecule has 0 aromatic heterocycles. The number of anilines is 1.